The molecule has 3 rings (SSSR count). The van der Waals surface area contributed by atoms with Gasteiger partial charge in [0.1, 0.15) is 0 Å². The minimum Gasteiger partial charge on any atom is -0.478 e. The minimum atomic E-state index is -3.43. The fourth-order valence-corrected chi connectivity index (χ4v) is 3.23. The lowest BCUT2D eigenvalue weighted by Gasteiger charge is -2.32. The smallest absolute Gasteiger partial charge is 0.361 e. The predicted molar refractivity (Wildman–Crippen MR) is 121 cm³/mol. The highest BCUT2D eigenvalue weighted by molar-refractivity contribution is 6.19. The van der Waals surface area contributed by atoms with Crippen molar-refractivity contribution in [2.24, 2.45) is 0 Å². The van der Waals surface area contributed by atoms with Crippen LogP contribution in [0.1, 0.15) is 36.6 Å². The summed E-state index contributed by atoms with van der Waals surface area (Å²) >= 11 is 0. The molecule has 0 aliphatic carbocycles. The second-order valence-electron chi connectivity index (χ2n) is 7.48. The zero-order valence-electron chi connectivity index (χ0n) is 18.4. The fraction of sp³-hybridized carbons (Fsp3) is 0.115. The monoisotopic (exact) mass is 476 g/mol. The maximum absolute atomic E-state index is 13.5. The van der Waals surface area contributed by atoms with Crippen LogP contribution in [0.3, 0.4) is 0 Å². The number of hydrogen-bond donors (Lipinski definition) is 2. The molecule has 9 nitrogen and oxygen atoms in total. The SMILES string of the molecule is Cc1ccc(C(=O)[C@](OC(=O)c2ccccc2)(C(=O)O)[C@H](OC(=O)c2ccccc2)C(=O)O)cc1. The number of esters is 2. The molecular formula is C26H20O9. The molecule has 2 atom stereocenters. The Hall–Kier alpha value is -4.79. The lowest BCUT2D eigenvalue weighted by molar-refractivity contribution is -0.176. The minimum absolute atomic E-state index is 0.102. The van der Waals surface area contributed by atoms with E-state index >= 15 is 0 Å². The van der Waals surface area contributed by atoms with Gasteiger partial charge in [-0.3, -0.25) is 4.79 Å². The van der Waals surface area contributed by atoms with Crippen molar-refractivity contribution >= 4 is 29.7 Å². The second-order valence-corrected chi connectivity index (χ2v) is 7.48. The molecule has 0 unspecified atom stereocenters. The van der Waals surface area contributed by atoms with Gasteiger partial charge in [0.2, 0.25) is 5.78 Å². The first kappa shape index (κ1) is 24.8. The van der Waals surface area contributed by atoms with Crippen LogP contribution >= 0.6 is 0 Å². The van der Waals surface area contributed by atoms with Gasteiger partial charge in [-0.2, -0.15) is 0 Å². The number of carboxylic acid groups (broad SMARTS) is 2. The first-order valence-electron chi connectivity index (χ1n) is 10.3. The highest BCUT2D eigenvalue weighted by Gasteiger charge is 2.62. The topological polar surface area (TPSA) is 144 Å². The van der Waals surface area contributed by atoms with Gasteiger partial charge in [-0.25, -0.2) is 19.2 Å². The highest BCUT2D eigenvalue weighted by atomic mass is 16.6. The molecule has 0 spiro atoms. The number of aliphatic carboxylic acids is 2. The Morgan fingerprint density at radius 2 is 1.17 bits per heavy atom. The summed E-state index contributed by atoms with van der Waals surface area (Å²) in [5.41, 5.74) is -3.21. The van der Waals surface area contributed by atoms with Gasteiger partial charge in [-0.1, -0.05) is 66.2 Å². The van der Waals surface area contributed by atoms with Crippen molar-refractivity contribution in [3.63, 3.8) is 0 Å². The van der Waals surface area contributed by atoms with Crippen molar-refractivity contribution in [3.8, 4) is 0 Å². The van der Waals surface area contributed by atoms with Gasteiger partial charge in [0, 0.05) is 5.56 Å². The van der Waals surface area contributed by atoms with Gasteiger partial charge < -0.3 is 19.7 Å². The fourth-order valence-electron chi connectivity index (χ4n) is 3.23. The number of carboxylic acids is 2. The Morgan fingerprint density at radius 3 is 1.63 bits per heavy atom. The van der Waals surface area contributed by atoms with E-state index < -0.39 is 41.4 Å². The van der Waals surface area contributed by atoms with Crippen LogP contribution in [0.25, 0.3) is 0 Å². The number of carbonyl (C=O) groups excluding carboxylic acids is 3. The summed E-state index contributed by atoms with van der Waals surface area (Å²) in [6, 6.07) is 19.7. The molecule has 0 aliphatic rings. The van der Waals surface area contributed by atoms with E-state index in [2.05, 4.69) is 0 Å². The number of Topliss-reactive ketones (excluding diaryl/α,β-unsaturated/α-hetero) is 1. The molecule has 35 heavy (non-hydrogen) atoms. The van der Waals surface area contributed by atoms with Gasteiger partial charge in [0.15, 0.2) is 0 Å². The van der Waals surface area contributed by atoms with Crippen LogP contribution in [0.4, 0.5) is 0 Å². The zero-order valence-corrected chi connectivity index (χ0v) is 18.4. The van der Waals surface area contributed by atoms with E-state index in [1.807, 2.05) is 0 Å². The molecule has 0 fully saturated rings. The molecule has 178 valence electrons. The summed E-state index contributed by atoms with van der Waals surface area (Å²) in [5.74, 6) is -8.03. The summed E-state index contributed by atoms with van der Waals surface area (Å²) in [7, 11) is 0. The summed E-state index contributed by atoms with van der Waals surface area (Å²) in [5, 5.41) is 20.0. The van der Waals surface area contributed by atoms with Crippen LogP contribution in [0.2, 0.25) is 0 Å². The van der Waals surface area contributed by atoms with E-state index in [-0.39, 0.29) is 16.7 Å². The summed E-state index contributed by atoms with van der Waals surface area (Å²) in [6.07, 6.45) is -2.71. The van der Waals surface area contributed by atoms with Crippen molar-refractivity contribution in [3.05, 3.63) is 107 Å². The molecule has 0 aromatic heterocycles. The van der Waals surface area contributed by atoms with E-state index in [9.17, 15) is 34.2 Å². The molecule has 0 saturated carbocycles. The molecule has 2 N–H and O–H groups in total. The molecule has 3 aromatic rings. The van der Waals surface area contributed by atoms with Gasteiger partial charge in [0.05, 0.1) is 11.1 Å². The summed E-state index contributed by atoms with van der Waals surface area (Å²) in [4.78, 5) is 63.9. The number of benzene rings is 3. The van der Waals surface area contributed by atoms with Crippen molar-refractivity contribution < 1.29 is 43.7 Å². The normalized spacial score (nSPS) is 13.1. The van der Waals surface area contributed by atoms with Crippen molar-refractivity contribution in [2.45, 2.75) is 18.6 Å². The lowest BCUT2D eigenvalue weighted by Crippen LogP contribution is -2.62. The highest BCUT2D eigenvalue weighted by Crippen LogP contribution is 2.29. The van der Waals surface area contributed by atoms with Crippen LogP contribution in [-0.2, 0) is 19.1 Å². The number of hydrogen-bond acceptors (Lipinski definition) is 7. The van der Waals surface area contributed by atoms with Crippen molar-refractivity contribution in [2.75, 3.05) is 0 Å². The van der Waals surface area contributed by atoms with Crippen LogP contribution in [0, 0.1) is 6.92 Å². The molecule has 9 heteroatoms. The molecule has 0 amide bonds. The van der Waals surface area contributed by atoms with E-state index in [1.54, 1.807) is 19.1 Å². The average Bonchev–Trinajstić information content (AvgIpc) is 2.86. The maximum Gasteiger partial charge on any atom is 0.361 e. The van der Waals surface area contributed by atoms with Gasteiger partial charge >= 0.3 is 29.5 Å². The van der Waals surface area contributed by atoms with Crippen molar-refractivity contribution in [1.29, 1.82) is 0 Å². The van der Waals surface area contributed by atoms with E-state index in [1.165, 1.54) is 72.8 Å². The number of rotatable bonds is 9. The van der Waals surface area contributed by atoms with Crippen LogP contribution in [-0.4, -0.2) is 51.6 Å². The summed E-state index contributed by atoms with van der Waals surface area (Å²) in [6.45, 7) is 1.72. The maximum atomic E-state index is 13.5. The third-order valence-corrected chi connectivity index (χ3v) is 5.06. The largest absolute Gasteiger partial charge is 0.478 e. The molecule has 0 saturated heterocycles. The Bertz CT molecular complexity index is 1250. The molecule has 0 bridgehead atoms. The van der Waals surface area contributed by atoms with E-state index in [0.717, 1.165) is 5.56 Å². The number of aryl methyl sites for hydroxylation is 1. The van der Waals surface area contributed by atoms with Crippen molar-refractivity contribution in [1.82, 2.24) is 0 Å². The Labute approximate surface area is 199 Å². The molecule has 0 aliphatic heterocycles. The quantitative estimate of drug-likeness (QED) is 0.270. The predicted octanol–water partition coefficient (Wildman–Crippen LogP) is 3.17. The van der Waals surface area contributed by atoms with Crippen LogP contribution < -0.4 is 0 Å². The second kappa shape index (κ2) is 10.4. The molecule has 0 heterocycles. The third kappa shape index (κ3) is 5.25. The Balaban J connectivity index is 2.16. The summed E-state index contributed by atoms with van der Waals surface area (Å²) < 4.78 is 10.2. The van der Waals surface area contributed by atoms with Gasteiger partial charge in [-0.15, -0.1) is 0 Å². The third-order valence-electron chi connectivity index (χ3n) is 5.06. The van der Waals surface area contributed by atoms with E-state index in [4.69, 9.17) is 9.47 Å². The number of carbonyl (C=O) groups is 5. The Kier molecular flexibility index (Phi) is 7.40. The van der Waals surface area contributed by atoms with E-state index in [0.29, 0.717) is 0 Å². The standard InChI is InChI=1S/C26H20O9/c1-16-12-14-17(15-13-16)20(27)26(25(32)33,35-24(31)19-10-6-3-7-11-19)21(22(28)29)34-23(30)18-8-4-2-5-9-18/h2-15,21H,1H3,(H,28,29)(H,32,33)/t21-,26-/m1/s1. The lowest BCUT2D eigenvalue weighted by atomic mass is 9.86. The number of ketones is 1. The molecule has 3 aromatic carbocycles. The first-order chi connectivity index (χ1) is 16.7. The van der Waals surface area contributed by atoms with Crippen LogP contribution in [0.5, 0.6) is 0 Å². The van der Waals surface area contributed by atoms with Gasteiger partial charge in [-0.05, 0) is 31.2 Å². The zero-order chi connectivity index (χ0) is 25.6. The van der Waals surface area contributed by atoms with Gasteiger partial charge in [0.25, 0.3) is 6.10 Å². The average molecular weight is 476 g/mol. The van der Waals surface area contributed by atoms with Crippen LogP contribution in [0.15, 0.2) is 84.9 Å². The Morgan fingerprint density at radius 1 is 0.686 bits per heavy atom. The molecular weight excluding hydrogens is 456 g/mol. The molecule has 0 radical (unpaired) electrons. The number of ether oxygens (including phenoxy) is 2. The first-order valence-corrected chi connectivity index (χ1v) is 10.3.